The third-order valence-corrected chi connectivity index (χ3v) is 5.71. The second kappa shape index (κ2) is 7.26. The molecule has 0 radical (unpaired) electrons. The van der Waals surface area contributed by atoms with Crippen LogP contribution in [0.4, 0.5) is 0 Å². The first-order valence-electron chi connectivity index (χ1n) is 9.88. The Labute approximate surface area is 173 Å². The van der Waals surface area contributed by atoms with Crippen LogP contribution in [0.3, 0.4) is 0 Å². The molecule has 0 saturated heterocycles. The van der Waals surface area contributed by atoms with E-state index in [-0.39, 0.29) is 23.9 Å². The Hall–Kier alpha value is -3.74. The fourth-order valence-electron chi connectivity index (χ4n) is 4.17. The van der Waals surface area contributed by atoms with Gasteiger partial charge in [0, 0.05) is 32.3 Å². The summed E-state index contributed by atoms with van der Waals surface area (Å²) < 4.78 is 3.17. The van der Waals surface area contributed by atoms with Crippen LogP contribution in [0, 0.1) is 0 Å². The van der Waals surface area contributed by atoms with Crippen LogP contribution in [0.1, 0.15) is 22.6 Å². The van der Waals surface area contributed by atoms with Crippen molar-refractivity contribution in [1.29, 1.82) is 0 Å². The molecule has 4 aromatic rings. The number of rotatable bonds is 3. The largest absolute Gasteiger partial charge is 0.336 e. The van der Waals surface area contributed by atoms with E-state index < -0.39 is 0 Å². The van der Waals surface area contributed by atoms with Crippen LogP contribution in [0.15, 0.2) is 72.0 Å². The van der Waals surface area contributed by atoms with Gasteiger partial charge in [0.2, 0.25) is 5.91 Å². The van der Waals surface area contributed by atoms with E-state index in [1.54, 1.807) is 22.9 Å². The minimum absolute atomic E-state index is 0.0292. The normalized spacial score (nSPS) is 15.9. The van der Waals surface area contributed by atoms with Gasteiger partial charge in [-0.05, 0) is 28.8 Å². The Kier molecular flexibility index (Phi) is 4.43. The first-order chi connectivity index (χ1) is 14.6. The zero-order chi connectivity index (χ0) is 20.7. The predicted molar refractivity (Wildman–Crippen MR) is 113 cm³/mol. The van der Waals surface area contributed by atoms with E-state index in [4.69, 9.17) is 0 Å². The van der Waals surface area contributed by atoms with E-state index in [0.717, 1.165) is 11.1 Å². The van der Waals surface area contributed by atoms with Gasteiger partial charge in [-0.15, -0.1) is 0 Å². The first-order valence-corrected chi connectivity index (χ1v) is 9.88. The molecule has 7 nitrogen and oxygen atoms in total. The standard InChI is InChI=1S/C23H21N5O2/c1-26-11-17(10-25-26)20-13-27(12-16-6-2-3-7-18(16)20)22(29)14-28-15-24-21-9-5-4-8-19(21)23(28)30/h2-11,15,20H,12-14H2,1H3/t20-/m1/s1. The molecule has 2 aromatic heterocycles. The Morgan fingerprint density at radius 2 is 1.93 bits per heavy atom. The molecule has 0 unspecified atom stereocenters. The van der Waals surface area contributed by atoms with E-state index in [0.29, 0.717) is 24.0 Å². The SMILES string of the molecule is Cn1cc([C@H]2CN(C(=O)Cn3cnc4ccccc4c3=O)Cc3ccccc32)cn1. The molecule has 1 amide bonds. The third-order valence-electron chi connectivity index (χ3n) is 5.71. The van der Waals surface area contributed by atoms with Crippen LogP contribution in [-0.2, 0) is 24.9 Å². The molecule has 30 heavy (non-hydrogen) atoms. The summed E-state index contributed by atoms with van der Waals surface area (Å²) in [4.78, 5) is 32.1. The molecular formula is C23H21N5O2. The van der Waals surface area contributed by atoms with Crippen molar-refractivity contribution < 1.29 is 4.79 Å². The quantitative estimate of drug-likeness (QED) is 0.530. The fourth-order valence-corrected chi connectivity index (χ4v) is 4.17. The highest BCUT2D eigenvalue weighted by molar-refractivity contribution is 5.79. The average Bonchev–Trinajstić information content (AvgIpc) is 3.21. The lowest BCUT2D eigenvalue weighted by Crippen LogP contribution is -2.41. The summed E-state index contributed by atoms with van der Waals surface area (Å²) in [5, 5.41) is 4.82. The maximum absolute atomic E-state index is 13.2. The van der Waals surface area contributed by atoms with E-state index in [2.05, 4.69) is 22.2 Å². The number of aryl methyl sites for hydroxylation is 1. The van der Waals surface area contributed by atoms with Gasteiger partial charge < -0.3 is 4.90 Å². The molecule has 5 rings (SSSR count). The highest BCUT2D eigenvalue weighted by Gasteiger charge is 2.30. The van der Waals surface area contributed by atoms with Gasteiger partial charge in [0.05, 0.1) is 23.4 Å². The molecule has 150 valence electrons. The summed E-state index contributed by atoms with van der Waals surface area (Å²) in [6.45, 7) is 1.05. The molecule has 1 atom stereocenters. The van der Waals surface area contributed by atoms with Crippen molar-refractivity contribution in [3.63, 3.8) is 0 Å². The topological polar surface area (TPSA) is 73.0 Å². The van der Waals surface area contributed by atoms with Crippen LogP contribution in [0.2, 0.25) is 0 Å². The molecule has 0 bridgehead atoms. The number of hydrogen-bond acceptors (Lipinski definition) is 4. The minimum Gasteiger partial charge on any atom is -0.336 e. The molecule has 0 fully saturated rings. The molecular weight excluding hydrogens is 378 g/mol. The summed E-state index contributed by atoms with van der Waals surface area (Å²) in [5.41, 5.74) is 3.85. The number of aromatic nitrogens is 4. The average molecular weight is 399 g/mol. The van der Waals surface area contributed by atoms with Crippen molar-refractivity contribution in [2.24, 2.45) is 7.05 Å². The van der Waals surface area contributed by atoms with Gasteiger partial charge in [0.15, 0.2) is 0 Å². The number of amides is 1. The Morgan fingerprint density at radius 1 is 1.13 bits per heavy atom. The van der Waals surface area contributed by atoms with Crippen LogP contribution >= 0.6 is 0 Å². The lowest BCUT2D eigenvalue weighted by Gasteiger charge is -2.34. The third kappa shape index (κ3) is 3.18. The summed E-state index contributed by atoms with van der Waals surface area (Å²) in [5.74, 6) is -0.0448. The fraction of sp³-hybridized carbons (Fsp3) is 0.217. The van der Waals surface area contributed by atoms with Gasteiger partial charge in [-0.1, -0.05) is 36.4 Å². The number of nitrogens with zero attached hydrogens (tertiary/aromatic N) is 5. The van der Waals surface area contributed by atoms with Crippen molar-refractivity contribution in [2.45, 2.75) is 19.0 Å². The summed E-state index contributed by atoms with van der Waals surface area (Å²) >= 11 is 0. The number of fused-ring (bicyclic) bond motifs is 2. The maximum atomic E-state index is 13.2. The minimum atomic E-state index is -0.199. The first kappa shape index (κ1) is 18.3. The number of carbonyl (C=O) groups is 1. The molecule has 1 aliphatic heterocycles. The monoisotopic (exact) mass is 399 g/mol. The molecule has 0 saturated carbocycles. The molecule has 3 heterocycles. The van der Waals surface area contributed by atoms with Crippen molar-refractivity contribution in [2.75, 3.05) is 6.54 Å². The summed E-state index contributed by atoms with van der Waals surface area (Å²) in [6.07, 6.45) is 5.30. The van der Waals surface area contributed by atoms with E-state index in [9.17, 15) is 9.59 Å². The predicted octanol–water partition coefficient (Wildman–Crippen LogP) is 2.30. The van der Waals surface area contributed by atoms with Gasteiger partial charge >= 0.3 is 0 Å². The smallest absolute Gasteiger partial charge is 0.261 e. The van der Waals surface area contributed by atoms with E-state index in [1.165, 1.54) is 16.5 Å². The van der Waals surface area contributed by atoms with Crippen molar-refractivity contribution in [3.05, 3.63) is 94.3 Å². The maximum Gasteiger partial charge on any atom is 0.261 e. The number of para-hydroxylation sites is 1. The Bertz CT molecular complexity index is 1310. The summed E-state index contributed by atoms with van der Waals surface area (Å²) in [7, 11) is 1.89. The zero-order valence-electron chi connectivity index (χ0n) is 16.6. The molecule has 0 spiro atoms. The van der Waals surface area contributed by atoms with Crippen LogP contribution < -0.4 is 5.56 Å². The molecule has 2 aromatic carbocycles. The van der Waals surface area contributed by atoms with Gasteiger partial charge in [-0.25, -0.2) is 4.98 Å². The lowest BCUT2D eigenvalue weighted by molar-refractivity contribution is -0.133. The van der Waals surface area contributed by atoms with Gasteiger partial charge in [-0.3, -0.25) is 18.8 Å². The summed E-state index contributed by atoms with van der Waals surface area (Å²) in [6, 6.07) is 15.4. The second-order valence-corrected chi connectivity index (χ2v) is 7.67. The van der Waals surface area contributed by atoms with Gasteiger partial charge in [0.25, 0.3) is 5.56 Å². The van der Waals surface area contributed by atoms with Gasteiger partial charge in [-0.2, -0.15) is 5.10 Å². The second-order valence-electron chi connectivity index (χ2n) is 7.67. The van der Waals surface area contributed by atoms with Crippen LogP contribution in [0.25, 0.3) is 10.9 Å². The van der Waals surface area contributed by atoms with Crippen molar-refractivity contribution in [3.8, 4) is 0 Å². The highest BCUT2D eigenvalue weighted by atomic mass is 16.2. The van der Waals surface area contributed by atoms with Crippen LogP contribution in [0.5, 0.6) is 0 Å². The number of carbonyl (C=O) groups excluding carboxylic acids is 1. The number of benzene rings is 2. The van der Waals surface area contributed by atoms with E-state index >= 15 is 0 Å². The van der Waals surface area contributed by atoms with Crippen molar-refractivity contribution >= 4 is 16.8 Å². The van der Waals surface area contributed by atoms with E-state index in [1.807, 2.05) is 42.5 Å². The Balaban J connectivity index is 1.45. The lowest BCUT2D eigenvalue weighted by atomic mass is 9.86. The van der Waals surface area contributed by atoms with Crippen LogP contribution in [-0.4, -0.2) is 36.7 Å². The molecule has 1 aliphatic rings. The van der Waals surface area contributed by atoms with Gasteiger partial charge in [0.1, 0.15) is 6.54 Å². The zero-order valence-corrected chi connectivity index (χ0v) is 16.6. The molecule has 0 N–H and O–H groups in total. The highest BCUT2D eigenvalue weighted by Crippen LogP contribution is 2.33. The molecule has 7 heteroatoms. The Morgan fingerprint density at radius 3 is 2.77 bits per heavy atom. The molecule has 0 aliphatic carbocycles. The number of hydrogen-bond donors (Lipinski definition) is 0. The van der Waals surface area contributed by atoms with Crippen molar-refractivity contribution in [1.82, 2.24) is 24.2 Å².